The lowest BCUT2D eigenvalue weighted by molar-refractivity contribution is 0.274. The fourth-order valence-corrected chi connectivity index (χ4v) is 4.03. The van der Waals surface area contributed by atoms with E-state index in [1.165, 1.54) is 12.0 Å². The molecule has 1 aromatic carbocycles. The van der Waals surface area contributed by atoms with Crippen molar-refractivity contribution in [3.05, 3.63) is 29.3 Å². The molecule has 9 heteroatoms. The smallest absolute Gasteiger partial charge is 0.205 e. The maximum Gasteiger partial charge on any atom is 0.205 e. The van der Waals surface area contributed by atoms with Crippen LogP contribution in [0.4, 0.5) is 5.82 Å². The first kappa shape index (κ1) is 19.3. The number of aromatic nitrogens is 4. The number of rotatable bonds is 6. The lowest BCUT2D eigenvalue weighted by atomic mass is 10.0. The van der Waals surface area contributed by atoms with Crippen LogP contribution in [0.15, 0.2) is 12.4 Å². The zero-order chi connectivity index (χ0) is 20.5. The fourth-order valence-electron chi connectivity index (χ4n) is 4.03. The van der Waals surface area contributed by atoms with Crippen molar-refractivity contribution < 1.29 is 19.3 Å². The molecule has 4 rings (SSSR count). The topological polar surface area (TPSA) is 94.8 Å². The lowest BCUT2D eigenvalue weighted by Gasteiger charge is -2.29. The molecule has 29 heavy (non-hydrogen) atoms. The van der Waals surface area contributed by atoms with Crippen molar-refractivity contribution in [2.45, 2.75) is 33.0 Å². The number of hydrogen-bond acceptors (Lipinski definition) is 8. The minimum atomic E-state index is -0.0768. The summed E-state index contributed by atoms with van der Waals surface area (Å²) in [5.74, 6) is 2.35. The number of methoxy groups -OCH3 is 3. The van der Waals surface area contributed by atoms with Crippen LogP contribution < -0.4 is 19.1 Å². The molecule has 3 heterocycles. The zero-order valence-corrected chi connectivity index (χ0v) is 17.1. The second-order valence-corrected chi connectivity index (χ2v) is 6.76. The van der Waals surface area contributed by atoms with Gasteiger partial charge in [0, 0.05) is 37.3 Å². The van der Waals surface area contributed by atoms with E-state index in [0.717, 1.165) is 42.0 Å². The third kappa shape index (κ3) is 3.02. The van der Waals surface area contributed by atoms with Crippen LogP contribution in [0.3, 0.4) is 0 Å². The average molecular weight is 399 g/mol. The van der Waals surface area contributed by atoms with Crippen LogP contribution in [0.2, 0.25) is 0 Å². The Balaban J connectivity index is 1.84. The van der Waals surface area contributed by atoms with E-state index in [9.17, 15) is 5.11 Å². The van der Waals surface area contributed by atoms with E-state index in [0.29, 0.717) is 29.3 Å². The van der Waals surface area contributed by atoms with Crippen molar-refractivity contribution in [2.24, 2.45) is 0 Å². The second-order valence-electron chi connectivity index (χ2n) is 6.76. The van der Waals surface area contributed by atoms with Crippen LogP contribution in [0.1, 0.15) is 23.9 Å². The highest BCUT2D eigenvalue weighted by Crippen LogP contribution is 2.44. The molecule has 0 saturated carbocycles. The Morgan fingerprint density at radius 3 is 2.55 bits per heavy atom. The maximum atomic E-state index is 9.76. The first-order valence-corrected chi connectivity index (χ1v) is 9.53. The summed E-state index contributed by atoms with van der Waals surface area (Å²) in [4.78, 5) is 11.2. The van der Waals surface area contributed by atoms with Gasteiger partial charge < -0.3 is 24.2 Å². The minimum absolute atomic E-state index is 0.0768. The van der Waals surface area contributed by atoms with Crippen molar-refractivity contribution in [1.82, 2.24) is 19.7 Å². The molecule has 0 spiro atoms. The predicted octanol–water partition coefficient (Wildman–Crippen LogP) is 1.93. The number of ether oxygens (including phenoxy) is 3. The third-order valence-corrected chi connectivity index (χ3v) is 5.38. The largest absolute Gasteiger partial charge is 0.493 e. The molecule has 0 atom stereocenters. The van der Waals surface area contributed by atoms with Gasteiger partial charge in [0.15, 0.2) is 11.5 Å². The molecule has 9 nitrogen and oxygen atoms in total. The number of aryl methyl sites for hydroxylation is 1. The Labute approximate surface area is 168 Å². The quantitative estimate of drug-likeness (QED) is 0.672. The van der Waals surface area contributed by atoms with Crippen LogP contribution in [0.25, 0.3) is 10.9 Å². The highest BCUT2D eigenvalue weighted by molar-refractivity contribution is 5.97. The maximum absolute atomic E-state index is 9.76. The number of nitrogens with zero attached hydrogens (tertiary/aromatic N) is 5. The van der Waals surface area contributed by atoms with Gasteiger partial charge in [-0.15, -0.1) is 0 Å². The number of anilines is 1. The molecule has 0 fully saturated rings. The first-order chi connectivity index (χ1) is 14.2. The van der Waals surface area contributed by atoms with Crippen LogP contribution in [0.5, 0.6) is 17.2 Å². The number of hydrogen-bond donors (Lipinski definition) is 1. The second kappa shape index (κ2) is 7.75. The monoisotopic (exact) mass is 399 g/mol. The molecule has 0 bridgehead atoms. The molecule has 0 unspecified atom stereocenters. The summed E-state index contributed by atoms with van der Waals surface area (Å²) >= 11 is 0. The van der Waals surface area contributed by atoms with Crippen LogP contribution in [-0.2, 0) is 26.1 Å². The van der Waals surface area contributed by atoms with E-state index in [1.807, 2.05) is 10.7 Å². The van der Waals surface area contributed by atoms with Crippen molar-refractivity contribution in [1.29, 1.82) is 0 Å². The van der Waals surface area contributed by atoms with Crippen molar-refractivity contribution in [3.63, 3.8) is 0 Å². The van der Waals surface area contributed by atoms with Gasteiger partial charge in [-0.25, -0.2) is 9.97 Å². The van der Waals surface area contributed by atoms with Crippen LogP contribution in [-0.4, -0.2) is 52.7 Å². The molecule has 1 aliphatic rings. The minimum Gasteiger partial charge on any atom is -0.493 e. The summed E-state index contributed by atoms with van der Waals surface area (Å²) in [6.45, 7) is 4.17. The Hall–Kier alpha value is -3.07. The molecule has 1 aliphatic heterocycles. The summed E-state index contributed by atoms with van der Waals surface area (Å²) < 4.78 is 18.6. The molecule has 0 radical (unpaired) electrons. The van der Waals surface area contributed by atoms with Gasteiger partial charge in [-0.1, -0.05) is 0 Å². The van der Waals surface area contributed by atoms with Gasteiger partial charge >= 0.3 is 0 Å². The normalized spacial score (nSPS) is 13.5. The van der Waals surface area contributed by atoms with Gasteiger partial charge in [-0.2, -0.15) is 5.10 Å². The molecule has 0 amide bonds. The van der Waals surface area contributed by atoms with Gasteiger partial charge in [-0.3, -0.25) is 4.68 Å². The van der Waals surface area contributed by atoms with Crippen molar-refractivity contribution >= 4 is 16.7 Å². The Kier molecular flexibility index (Phi) is 5.14. The highest BCUT2D eigenvalue weighted by atomic mass is 16.5. The van der Waals surface area contributed by atoms with Gasteiger partial charge in [0.1, 0.15) is 17.7 Å². The summed E-state index contributed by atoms with van der Waals surface area (Å²) in [7, 11) is 4.74. The fraction of sp³-hybridized carbons (Fsp3) is 0.450. The van der Waals surface area contributed by atoms with Gasteiger partial charge in [0.2, 0.25) is 5.75 Å². The average Bonchev–Trinajstić information content (AvgIpc) is 3.14. The summed E-state index contributed by atoms with van der Waals surface area (Å²) in [5.41, 5.74) is 3.64. The van der Waals surface area contributed by atoms with Gasteiger partial charge in [0.05, 0.1) is 39.0 Å². The number of benzene rings is 1. The number of fused-ring (bicyclic) bond motifs is 2. The molecular weight excluding hydrogens is 374 g/mol. The lowest BCUT2D eigenvalue weighted by Crippen LogP contribution is -2.32. The van der Waals surface area contributed by atoms with E-state index >= 15 is 0 Å². The Morgan fingerprint density at radius 2 is 1.90 bits per heavy atom. The Bertz CT molecular complexity index is 1050. The molecule has 0 aliphatic carbocycles. The first-order valence-electron chi connectivity index (χ1n) is 9.53. The van der Waals surface area contributed by atoms with E-state index < -0.39 is 0 Å². The third-order valence-electron chi connectivity index (χ3n) is 5.38. The van der Waals surface area contributed by atoms with E-state index in [2.05, 4.69) is 26.9 Å². The zero-order valence-electron chi connectivity index (χ0n) is 17.1. The molecular formula is C20H25N5O4. The SMILES string of the molecule is CCn1nc(CO)c2c1CCN(c1ncnc3c(OC)c(OC)c(OC)cc13)C2. The summed E-state index contributed by atoms with van der Waals surface area (Å²) in [6, 6.07) is 1.88. The summed E-state index contributed by atoms with van der Waals surface area (Å²) in [5, 5.41) is 15.1. The Morgan fingerprint density at radius 1 is 1.10 bits per heavy atom. The van der Waals surface area contributed by atoms with Crippen LogP contribution >= 0.6 is 0 Å². The molecule has 3 aromatic rings. The highest BCUT2D eigenvalue weighted by Gasteiger charge is 2.27. The number of aliphatic hydroxyl groups excluding tert-OH is 1. The molecule has 154 valence electrons. The predicted molar refractivity (Wildman–Crippen MR) is 108 cm³/mol. The molecule has 0 saturated heterocycles. The van der Waals surface area contributed by atoms with E-state index in [1.54, 1.807) is 21.3 Å². The molecule has 1 N–H and O–H groups in total. The van der Waals surface area contributed by atoms with Crippen molar-refractivity contribution in [2.75, 3.05) is 32.8 Å². The standard InChI is InChI=1S/C20H25N5O4/c1-5-25-15-6-7-24(9-13(15)14(10-26)23-25)20-12-8-16(27-2)18(28-3)19(29-4)17(12)21-11-22-20/h8,11,26H,5-7,9-10H2,1-4H3. The van der Waals surface area contributed by atoms with Gasteiger partial charge in [0.25, 0.3) is 0 Å². The van der Waals surface area contributed by atoms with Crippen molar-refractivity contribution in [3.8, 4) is 17.2 Å². The molecule has 2 aromatic heterocycles. The van der Waals surface area contributed by atoms with E-state index in [-0.39, 0.29) is 6.61 Å². The van der Waals surface area contributed by atoms with E-state index in [4.69, 9.17) is 14.2 Å². The number of aliphatic hydroxyl groups is 1. The van der Waals surface area contributed by atoms with Crippen LogP contribution in [0, 0.1) is 0 Å². The van der Waals surface area contributed by atoms with Gasteiger partial charge in [-0.05, 0) is 13.0 Å². The summed E-state index contributed by atoms with van der Waals surface area (Å²) in [6.07, 6.45) is 2.36.